The molecule has 1 aliphatic heterocycles. The SMILES string of the molecule is CN(CC(=O)N1CCCC[C@H]1c1nc2ccccc2s1)S(=O)(=O)c1ccc(Cl)s1. The zero-order chi connectivity index (χ0) is 20.6. The number of carbonyl (C=O) groups is 1. The lowest BCUT2D eigenvalue weighted by Crippen LogP contribution is -2.44. The third kappa shape index (κ3) is 4.20. The summed E-state index contributed by atoms with van der Waals surface area (Å²) in [5.41, 5.74) is 0.930. The number of rotatable bonds is 5. The predicted octanol–water partition coefficient (Wildman–Crippen LogP) is 4.39. The summed E-state index contributed by atoms with van der Waals surface area (Å²) in [6, 6.07) is 10.8. The fraction of sp³-hybridized carbons (Fsp3) is 0.368. The molecule has 0 N–H and O–H groups in total. The molecule has 0 saturated carbocycles. The Hall–Kier alpha value is -1.52. The molecule has 0 bridgehead atoms. The van der Waals surface area contributed by atoms with Crippen LogP contribution >= 0.6 is 34.3 Å². The minimum absolute atomic E-state index is 0.110. The molecule has 1 fully saturated rings. The zero-order valence-electron chi connectivity index (χ0n) is 15.7. The van der Waals surface area contributed by atoms with Gasteiger partial charge in [0.1, 0.15) is 9.22 Å². The summed E-state index contributed by atoms with van der Waals surface area (Å²) in [4.78, 5) is 19.6. The van der Waals surface area contributed by atoms with Crippen molar-refractivity contribution in [1.29, 1.82) is 0 Å². The van der Waals surface area contributed by atoms with E-state index in [0.717, 1.165) is 50.1 Å². The Morgan fingerprint density at radius 1 is 1.24 bits per heavy atom. The van der Waals surface area contributed by atoms with Gasteiger partial charge in [0, 0.05) is 13.6 Å². The van der Waals surface area contributed by atoms with E-state index in [-0.39, 0.29) is 22.7 Å². The Balaban J connectivity index is 1.54. The molecular formula is C19H20ClN3O3S3. The molecule has 29 heavy (non-hydrogen) atoms. The van der Waals surface area contributed by atoms with Crippen LogP contribution in [-0.2, 0) is 14.8 Å². The number of carbonyl (C=O) groups excluding carboxylic acids is 1. The fourth-order valence-corrected chi connectivity index (χ4v) is 7.40. The van der Waals surface area contributed by atoms with Crippen molar-refractivity contribution in [3.63, 3.8) is 0 Å². The van der Waals surface area contributed by atoms with E-state index in [9.17, 15) is 13.2 Å². The minimum Gasteiger partial charge on any atom is -0.332 e. The van der Waals surface area contributed by atoms with Crippen LogP contribution in [0.1, 0.15) is 30.3 Å². The molecule has 0 radical (unpaired) electrons. The summed E-state index contributed by atoms with van der Waals surface area (Å²) in [5.74, 6) is -0.206. The predicted molar refractivity (Wildman–Crippen MR) is 117 cm³/mol. The molecule has 6 nitrogen and oxygen atoms in total. The summed E-state index contributed by atoms with van der Waals surface area (Å²) in [7, 11) is -2.32. The topological polar surface area (TPSA) is 70.6 Å². The number of piperidine rings is 1. The number of amides is 1. The first-order valence-electron chi connectivity index (χ1n) is 9.23. The molecule has 154 valence electrons. The van der Waals surface area contributed by atoms with E-state index in [1.165, 1.54) is 13.1 Å². The smallest absolute Gasteiger partial charge is 0.252 e. The summed E-state index contributed by atoms with van der Waals surface area (Å²) in [6.45, 7) is 0.400. The molecule has 10 heteroatoms. The van der Waals surface area contributed by atoms with Crippen LogP contribution in [0, 0.1) is 0 Å². The first-order chi connectivity index (χ1) is 13.9. The summed E-state index contributed by atoms with van der Waals surface area (Å²) in [5, 5.41) is 0.912. The maximum atomic E-state index is 13.1. The number of thiophene rings is 1. The monoisotopic (exact) mass is 469 g/mol. The van der Waals surface area contributed by atoms with Crippen molar-refractivity contribution in [2.45, 2.75) is 29.5 Å². The van der Waals surface area contributed by atoms with E-state index >= 15 is 0 Å². The number of nitrogens with zero attached hydrogens (tertiary/aromatic N) is 3. The van der Waals surface area contributed by atoms with E-state index in [1.54, 1.807) is 22.3 Å². The van der Waals surface area contributed by atoms with Gasteiger partial charge in [-0.3, -0.25) is 4.79 Å². The first-order valence-corrected chi connectivity index (χ1v) is 12.7. The van der Waals surface area contributed by atoms with E-state index < -0.39 is 10.0 Å². The number of sulfonamides is 1. The summed E-state index contributed by atoms with van der Waals surface area (Å²) >= 11 is 8.46. The van der Waals surface area contributed by atoms with Crippen molar-refractivity contribution in [2.75, 3.05) is 20.1 Å². The summed E-state index contributed by atoms with van der Waals surface area (Å²) in [6.07, 6.45) is 2.76. The van der Waals surface area contributed by atoms with Crippen LogP contribution in [0.15, 0.2) is 40.6 Å². The van der Waals surface area contributed by atoms with E-state index in [1.807, 2.05) is 24.3 Å². The quantitative estimate of drug-likeness (QED) is 0.555. The number of benzene rings is 1. The van der Waals surface area contributed by atoms with Gasteiger partial charge in [0.25, 0.3) is 10.0 Å². The maximum Gasteiger partial charge on any atom is 0.252 e. The number of hydrogen-bond acceptors (Lipinski definition) is 6. The van der Waals surface area contributed by atoms with Gasteiger partial charge in [-0.1, -0.05) is 23.7 Å². The van der Waals surface area contributed by atoms with Crippen LogP contribution in [0.25, 0.3) is 10.2 Å². The minimum atomic E-state index is -3.75. The van der Waals surface area contributed by atoms with E-state index in [0.29, 0.717) is 10.9 Å². The lowest BCUT2D eigenvalue weighted by atomic mass is 10.0. The first kappa shape index (κ1) is 20.7. The Labute approximate surface area is 182 Å². The molecule has 3 heterocycles. The van der Waals surface area contributed by atoms with Gasteiger partial charge in [-0.15, -0.1) is 22.7 Å². The Kier molecular flexibility index (Phi) is 5.94. The zero-order valence-corrected chi connectivity index (χ0v) is 19.0. The molecule has 0 unspecified atom stereocenters. The van der Waals surface area contributed by atoms with Gasteiger partial charge in [-0.2, -0.15) is 4.31 Å². The van der Waals surface area contributed by atoms with Crippen LogP contribution in [0.2, 0.25) is 4.34 Å². The normalized spacial score (nSPS) is 17.9. The number of aromatic nitrogens is 1. The van der Waals surface area contributed by atoms with Crippen molar-refractivity contribution in [2.24, 2.45) is 0 Å². The number of likely N-dealkylation sites (N-methyl/N-ethyl adjacent to an activating group) is 1. The Morgan fingerprint density at radius 2 is 2.03 bits per heavy atom. The number of halogens is 1. The number of para-hydroxylation sites is 1. The van der Waals surface area contributed by atoms with Gasteiger partial charge in [0.15, 0.2) is 0 Å². The van der Waals surface area contributed by atoms with Gasteiger partial charge in [0.2, 0.25) is 5.91 Å². The van der Waals surface area contributed by atoms with Crippen LogP contribution in [0.5, 0.6) is 0 Å². The maximum absolute atomic E-state index is 13.1. The Morgan fingerprint density at radius 3 is 2.76 bits per heavy atom. The van der Waals surface area contributed by atoms with Crippen molar-refractivity contribution in [3.8, 4) is 0 Å². The third-order valence-electron chi connectivity index (χ3n) is 4.99. The average molecular weight is 470 g/mol. The highest BCUT2D eigenvalue weighted by Crippen LogP contribution is 2.36. The van der Waals surface area contributed by atoms with Crippen molar-refractivity contribution < 1.29 is 13.2 Å². The molecule has 1 atom stereocenters. The molecule has 0 aliphatic carbocycles. The van der Waals surface area contributed by atoms with Gasteiger partial charge in [0.05, 0.1) is 27.1 Å². The van der Waals surface area contributed by atoms with Crippen LogP contribution in [0.3, 0.4) is 0 Å². The van der Waals surface area contributed by atoms with Crippen molar-refractivity contribution >= 4 is 60.4 Å². The van der Waals surface area contributed by atoms with Crippen LogP contribution in [-0.4, -0.2) is 48.7 Å². The summed E-state index contributed by atoms with van der Waals surface area (Å²) < 4.78 is 28.2. The fourth-order valence-electron chi connectivity index (χ4n) is 3.48. The van der Waals surface area contributed by atoms with Gasteiger partial charge in [-0.25, -0.2) is 13.4 Å². The highest BCUT2D eigenvalue weighted by Gasteiger charge is 2.33. The second kappa shape index (κ2) is 8.31. The molecule has 1 saturated heterocycles. The lowest BCUT2D eigenvalue weighted by molar-refractivity contribution is -0.135. The molecule has 1 amide bonds. The Bertz CT molecular complexity index is 1110. The van der Waals surface area contributed by atoms with E-state index in [4.69, 9.17) is 16.6 Å². The second-order valence-electron chi connectivity index (χ2n) is 6.94. The van der Waals surface area contributed by atoms with Gasteiger partial charge >= 0.3 is 0 Å². The lowest BCUT2D eigenvalue weighted by Gasteiger charge is -2.35. The average Bonchev–Trinajstić information content (AvgIpc) is 3.34. The molecule has 1 aromatic carbocycles. The highest BCUT2D eigenvalue weighted by atomic mass is 35.5. The van der Waals surface area contributed by atoms with Crippen LogP contribution < -0.4 is 0 Å². The number of thiazole rings is 1. The van der Waals surface area contributed by atoms with Crippen LogP contribution in [0.4, 0.5) is 0 Å². The molecule has 1 aliphatic rings. The van der Waals surface area contributed by atoms with Gasteiger partial charge in [-0.05, 0) is 43.5 Å². The molecule has 2 aromatic heterocycles. The molecule has 4 rings (SSSR count). The number of hydrogen-bond donors (Lipinski definition) is 0. The standard InChI is InChI=1S/C19H20ClN3O3S3/c1-22(29(25,26)18-10-9-16(20)28-18)12-17(24)23-11-5-4-7-14(23)19-21-13-6-2-3-8-15(13)27-19/h2-3,6,8-10,14H,4-5,7,11-12H2,1H3/t14-/m0/s1. The van der Waals surface area contributed by atoms with Crippen molar-refractivity contribution in [1.82, 2.24) is 14.2 Å². The number of fused-ring (bicyclic) bond motifs is 1. The van der Waals surface area contributed by atoms with Crippen molar-refractivity contribution in [3.05, 3.63) is 45.7 Å². The van der Waals surface area contributed by atoms with E-state index in [2.05, 4.69) is 0 Å². The highest BCUT2D eigenvalue weighted by molar-refractivity contribution is 7.91. The molecular weight excluding hydrogens is 450 g/mol. The number of likely N-dealkylation sites (tertiary alicyclic amines) is 1. The second-order valence-corrected chi connectivity index (χ2v) is 12.0. The molecule has 3 aromatic rings. The largest absolute Gasteiger partial charge is 0.332 e. The molecule has 0 spiro atoms. The van der Waals surface area contributed by atoms with Gasteiger partial charge < -0.3 is 4.90 Å². The third-order valence-corrected chi connectivity index (χ3v) is 9.63.